The lowest BCUT2D eigenvalue weighted by molar-refractivity contribution is -0.138. The second-order valence-electron chi connectivity index (χ2n) is 10.1. The Kier molecular flexibility index (Phi) is 7.23. The molecule has 0 atom stereocenters. The van der Waals surface area contributed by atoms with Crippen molar-refractivity contribution in [3.63, 3.8) is 0 Å². The summed E-state index contributed by atoms with van der Waals surface area (Å²) in [7, 11) is 0. The zero-order valence-electron chi connectivity index (χ0n) is 22.8. The predicted molar refractivity (Wildman–Crippen MR) is 150 cm³/mol. The Morgan fingerprint density at radius 2 is 1.88 bits per heavy atom. The minimum absolute atomic E-state index is 0.0155. The number of alkyl halides is 3. The highest BCUT2D eigenvalue weighted by atomic mass is 19.4. The third-order valence-corrected chi connectivity index (χ3v) is 7.09. The van der Waals surface area contributed by atoms with Crippen molar-refractivity contribution in [3.8, 4) is 5.69 Å². The number of aromatic nitrogens is 3. The first-order valence-corrected chi connectivity index (χ1v) is 12.9. The van der Waals surface area contributed by atoms with Crippen molar-refractivity contribution >= 4 is 40.8 Å². The largest absolute Gasteiger partial charge is 0.481 e. The van der Waals surface area contributed by atoms with Gasteiger partial charge in [-0.15, -0.1) is 0 Å². The number of anilines is 2. The van der Waals surface area contributed by atoms with E-state index in [2.05, 4.69) is 20.6 Å². The first kappa shape index (κ1) is 28.4. The predicted octanol–water partition coefficient (Wildman–Crippen LogP) is 5.91. The second-order valence-corrected chi connectivity index (χ2v) is 10.1. The molecule has 4 aromatic rings. The third-order valence-electron chi connectivity index (χ3n) is 7.09. The number of halogens is 3. The number of benzene rings is 2. The monoisotopic (exact) mass is 577 g/mol. The van der Waals surface area contributed by atoms with Crippen molar-refractivity contribution in [2.45, 2.75) is 39.8 Å². The number of aryl methyl sites for hydroxylation is 2. The molecule has 0 aliphatic carbocycles. The Balaban J connectivity index is 1.41. The second kappa shape index (κ2) is 10.7. The number of nitrogens with one attached hydrogen (secondary N) is 3. The minimum Gasteiger partial charge on any atom is -0.481 e. The smallest absolute Gasteiger partial charge is 0.416 e. The van der Waals surface area contributed by atoms with Crippen LogP contribution in [0.25, 0.3) is 17.3 Å². The lowest BCUT2D eigenvalue weighted by Crippen LogP contribution is -2.15. The fraction of sp³-hybridized carbons (Fsp3) is 0.200. The van der Waals surface area contributed by atoms with Gasteiger partial charge in [-0.25, -0.2) is 4.98 Å². The first-order chi connectivity index (χ1) is 19.8. The van der Waals surface area contributed by atoms with Crippen molar-refractivity contribution in [3.05, 3.63) is 93.8 Å². The van der Waals surface area contributed by atoms with Crippen LogP contribution in [0.1, 0.15) is 56.1 Å². The molecule has 9 nitrogen and oxygen atoms in total. The Hall–Kier alpha value is -5.13. The van der Waals surface area contributed by atoms with Crippen molar-refractivity contribution in [2.24, 2.45) is 0 Å². The topological polar surface area (TPSA) is 129 Å². The molecular formula is C30H26F3N5O4. The molecule has 0 spiro atoms. The van der Waals surface area contributed by atoms with Crippen molar-refractivity contribution in [1.29, 1.82) is 0 Å². The summed E-state index contributed by atoms with van der Waals surface area (Å²) < 4.78 is 42.3. The van der Waals surface area contributed by atoms with Gasteiger partial charge in [0.25, 0.3) is 11.8 Å². The van der Waals surface area contributed by atoms with E-state index in [0.717, 1.165) is 29.0 Å². The molecule has 2 amide bonds. The van der Waals surface area contributed by atoms with Gasteiger partial charge in [0, 0.05) is 46.5 Å². The number of carbonyl (C=O) groups excluding carboxylic acids is 2. The zero-order valence-corrected chi connectivity index (χ0v) is 22.8. The number of hydrogen-bond donors (Lipinski definition) is 4. The number of hydrogen-bond acceptors (Lipinski definition) is 4. The van der Waals surface area contributed by atoms with Gasteiger partial charge in [0.1, 0.15) is 0 Å². The maximum Gasteiger partial charge on any atom is 0.416 e. The molecule has 3 heterocycles. The van der Waals surface area contributed by atoms with Crippen LogP contribution in [0.4, 0.5) is 24.5 Å². The van der Waals surface area contributed by atoms with Crippen molar-refractivity contribution < 1.29 is 32.7 Å². The molecular weight excluding hydrogens is 551 g/mol. The van der Waals surface area contributed by atoms with E-state index in [1.54, 1.807) is 31.3 Å². The number of aromatic amines is 1. The number of imidazole rings is 1. The summed E-state index contributed by atoms with van der Waals surface area (Å²) in [6.07, 6.45) is 0.278. The third kappa shape index (κ3) is 5.69. The Bertz CT molecular complexity index is 1780. The SMILES string of the molecule is Cc1cn(-c2cc(C(=O)Nc3ccc4c(c3)NC(=O)/C4=C\c3[nH]c(C)c(CCC(=O)O)c3C)cc(C(F)(F)F)c2)cn1. The normalized spacial score (nSPS) is 13.8. The molecule has 0 radical (unpaired) electrons. The molecule has 0 saturated carbocycles. The zero-order chi connectivity index (χ0) is 30.3. The number of nitrogens with zero attached hydrogens (tertiary/aromatic N) is 2. The van der Waals surface area contributed by atoms with Gasteiger partial charge in [-0.05, 0) is 74.7 Å². The number of carbonyl (C=O) groups is 3. The number of rotatable bonds is 7. The molecule has 5 rings (SSSR count). The number of aliphatic carboxylic acids is 1. The summed E-state index contributed by atoms with van der Waals surface area (Å²) in [4.78, 5) is 44.2. The molecule has 1 aliphatic heterocycles. The molecule has 42 heavy (non-hydrogen) atoms. The van der Waals surface area contributed by atoms with Gasteiger partial charge in [-0.1, -0.05) is 6.07 Å². The van der Waals surface area contributed by atoms with Crippen LogP contribution in [-0.2, 0) is 22.2 Å². The molecule has 0 saturated heterocycles. The number of carboxylic acid groups (broad SMARTS) is 1. The number of amides is 2. The molecule has 2 aromatic carbocycles. The van der Waals surface area contributed by atoms with Gasteiger partial charge in [-0.3, -0.25) is 14.4 Å². The van der Waals surface area contributed by atoms with Gasteiger partial charge in [0.15, 0.2) is 0 Å². The molecule has 0 fully saturated rings. The summed E-state index contributed by atoms with van der Waals surface area (Å²) in [5, 5.41) is 14.4. The molecule has 0 bridgehead atoms. The molecule has 4 N–H and O–H groups in total. The van der Waals surface area contributed by atoms with Crippen LogP contribution in [0.5, 0.6) is 0 Å². The van der Waals surface area contributed by atoms with Gasteiger partial charge < -0.3 is 25.3 Å². The van der Waals surface area contributed by atoms with E-state index in [4.69, 9.17) is 5.11 Å². The van der Waals surface area contributed by atoms with E-state index < -0.39 is 23.6 Å². The van der Waals surface area contributed by atoms with E-state index in [0.29, 0.717) is 34.6 Å². The highest BCUT2D eigenvalue weighted by Crippen LogP contribution is 2.36. The van der Waals surface area contributed by atoms with Gasteiger partial charge in [0.2, 0.25) is 0 Å². The van der Waals surface area contributed by atoms with Crippen LogP contribution >= 0.6 is 0 Å². The minimum atomic E-state index is -4.67. The summed E-state index contributed by atoms with van der Waals surface area (Å²) in [6, 6.07) is 7.79. The van der Waals surface area contributed by atoms with E-state index >= 15 is 0 Å². The summed E-state index contributed by atoms with van der Waals surface area (Å²) in [5.74, 6) is -2.03. The fourth-order valence-corrected chi connectivity index (χ4v) is 4.95. The van der Waals surface area contributed by atoms with E-state index in [1.807, 2.05) is 13.8 Å². The van der Waals surface area contributed by atoms with Crippen LogP contribution in [0.3, 0.4) is 0 Å². The van der Waals surface area contributed by atoms with Crippen LogP contribution in [0, 0.1) is 20.8 Å². The molecule has 12 heteroatoms. The first-order valence-electron chi connectivity index (χ1n) is 12.9. The highest BCUT2D eigenvalue weighted by Gasteiger charge is 2.32. The van der Waals surface area contributed by atoms with Crippen LogP contribution < -0.4 is 10.6 Å². The molecule has 0 unspecified atom stereocenters. The highest BCUT2D eigenvalue weighted by molar-refractivity contribution is 6.35. The van der Waals surface area contributed by atoms with Crippen LogP contribution in [0.15, 0.2) is 48.9 Å². The lowest BCUT2D eigenvalue weighted by atomic mass is 10.0. The number of fused-ring (bicyclic) bond motifs is 1. The Labute approximate surface area is 238 Å². The Morgan fingerprint density at radius 1 is 1.12 bits per heavy atom. The average molecular weight is 578 g/mol. The summed E-state index contributed by atoms with van der Waals surface area (Å²) >= 11 is 0. The van der Waals surface area contributed by atoms with Crippen LogP contribution in [-0.4, -0.2) is 37.4 Å². The van der Waals surface area contributed by atoms with Gasteiger partial charge in [0.05, 0.1) is 28.8 Å². The number of carboxylic acids is 1. The maximum atomic E-state index is 13.6. The summed E-state index contributed by atoms with van der Waals surface area (Å²) in [5.41, 5.74) is 4.43. The van der Waals surface area contributed by atoms with E-state index in [-0.39, 0.29) is 29.3 Å². The fourth-order valence-electron chi connectivity index (χ4n) is 4.95. The Morgan fingerprint density at radius 3 is 2.55 bits per heavy atom. The van der Waals surface area contributed by atoms with Crippen molar-refractivity contribution in [1.82, 2.24) is 14.5 Å². The number of H-pyrrole nitrogens is 1. The van der Waals surface area contributed by atoms with E-state index in [1.165, 1.54) is 23.0 Å². The standard InChI is InChI=1S/C30H26F3N5O4/c1-15-13-38(14-34-15)21-9-18(8-19(10-21)30(31,32)33)28(41)36-20-4-5-23-24(29(42)37-26(23)11-20)12-25-16(2)22(17(3)35-25)6-7-27(39)40/h4-5,8-14,35H,6-7H2,1-3H3,(H,36,41)(H,37,42)(H,39,40)/b24-12-. The lowest BCUT2D eigenvalue weighted by Gasteiger charge is -2.13. The molecule has 216 valence electrons. The summed E-state index contributed by atoms with van der Waals surface area (Å²) in [6.45, 7) is 5.39. The molecule has 2 aromatic heterocycles. The van der Waals surface area contributed by atoms with Crippen LogP contribution in [0.2, 0.25) is 0 Å². The van der Waals surface area contributed by atoms with Crippen molar-refractivity contribution in [2.75, 3.05) is 10.6 Å². The van der Waals surface area contributed by atoms with Gasteiger partial charge in [-0.2, -0.15) is 13.2 Å². The van der Waals surface area contributed by atoms with E-state index in [9.17, 15) is 27.6 Å². The maximum absolute atomic E-state index is 13.6. The van der Waals surface area contributed by atoms with Gasteiger partial charge >= 0.3 is 12.1 Å². The molecule has 1 aliphatic rings. The average Bonchev–Trinajstić information content (AvgIpc) is 3.57. The quantitative estimate of drug-likeness (QED) is 0.203.